The average Bonchev–Trinajstić information content (AvgIpc) is 2.07. The van der Waals surface area contributed by atoms with Crippen molar-refractivity contribution in [2.45, 2.75) is 32.6 Å². The maximum absolute atomic E-state index is 4.06. The van der Waals surface area contributed by atoms with Gasteiger partial charge in [-0.15, -0.1) is 0 Å². The van der Waals surface area contributed by atoms with Crippen molar-refractivity contribution >= 4 is 6.91 Å². The summed E-state index contributed by atoms with van der Waals surface area (Å²) in [5, 5.41) is 0. The number of aromatic nitrogens is 1. The van der Waals surface area contributed by atoms with Crippen LogP contribution in [0.15, 0.2) is 18.4 Å². The Balaban J connectivity index is 2.28. The SMILES string of the molecule is CCCCCc1bccnc1. The van der Waals surface area contributed by atoms with Crippen molar-refractivity contribution in [3.63, 3.8) is 0 Å². The Bertz CT molecular complexity index is 186. The van der Waals surface area contributed by atoms with Crippen LogP contribution < -0.4 is 0 Å². The number of unbranched alkanes of at least 4 members (excludes halogenated alkanes) is 2. The number of rotatable bonds is 4. The molecule has 0 saturated carbocycles. The zero-order valence-corrected chi connectivity index (χ0v) is 7.09. The first kappa shape index (κ1) is 8.44. The van der Waals surface area contributed by atoms with Gasteiger partial charge < -0.3 is 0 Å². The first-order valence-corrected chi connectivity index (χ1v) is 4.32. The molecule has 1 nitrogen and oxygen atoms in total. The molecular weight excluding hydrogens is 133 g/mol. The van der Waals surface area contributed by atoms with E-state index in [-0.39, 0.29) is 0 Å². The van der Waals surface area contributed by atoms with Gasteiger partial charge in [0.2, 0.25) is 0 Å². The van der Waals surface area contributed by atoms with Gasteiger partial charge in [-0.05, 0) is 0 Å². The molecule has 11 heavy (non-hydrogen) atoms. The van der Waals surface area contributed by atoms with E-state index in [0.717, 1.165) is 0 Å². The van der Waals surface area contributed by atoms with Crippen LogP contribution in [0.1, 0.15) is 31.6 Å². The van der Waals surface area contributed by atoms with Crippen LogP contribution in [-0.4, -0.2) is 11.9 Å². The summed E-state index contributed by atoms with van der Waals surface area (Å²) < 4.78 is 0. The Morgan fingerprint density at radius 3 is 3.00 bits per heavy atom. The Morgan fingerprint density at radius 2 is 2.36 bits per heavy atom. The molecule has 1 rings (SSSR count). The van der Waals surface area contributed by atoms with Gasteiger partial charge in [-0.3, -0.25) is 0 Å². The first-order chi connectivity index (χ1) is 5.43. The van der Waals surface area contributed by atoms with Crippen LogP contribution in [0, 0.1) is 0 Å². The van der Waals surface area contributed by atoms with Crippen molar-refractivity contribution in [2.24, 2.45) is 0 Å². The summed E-state index contributed by atoms with van der Waals surface area (Å²) in [5.41, 5.74) is 1.36. The zero-order chi connectivity index (χ0) is 7.94. The molecule has 58 valence electrons. The Labute approximate surface area is 69.1 Å². The number of hydrogen-bond donors (Lipinski definition) is 0. The van der Waals surface area contributed by atoms with Crippen LogP contribution >= 0.6 is 0 Å². The van der Waals surface area contributed by atoms with Gasteiger partial charge in [-0.25, -0.2) is 0 Å². The quantitative estimate of drug-likeness (QED) is 0.594. The third-order valence-corrected chi connectivity index (χ3v) is 1.79. The fourth-order valence-corrected chi connectivity index (χ4v) is 1.13. The van der Waals surface area contributed by atoms with Crippen molar-refractivity contribution < 1.29 is 0 Å². The Morgan fingerprint density at radius 1 is 1.45 bits per heavy atom. The summed E-state index contributed by atoms with van der Waals surface area (Å²) in [7, 11) is 0. The van der Waals surface area contributed by atoms with E-state index < -0.39 is 0 Å². The third-order valence-electron chi connectivity index (χ3n) is 1.79. The van der Waals surface area contributed by atoms with Crippen molar-refractivity contribution in [2.75, 3.05) is 0 Å². The molecule has 0 fully saturated rings. The zero-order valence-electron chi connectivity index (χ0n) is 7.09. The standard InChI is InChI=1S/C9H14BN/c1-2-3-4-5-9-8-11-7-6-10-9/h6-8H,2-5H2,1H3. The molecular formula is C9H14BN. The van der Waals surface area contributed by atoms with E-state index in [1.165, 1.54) is 31.1 Å². The van der Waals surface area contributed by atoms with Gasteiger partial charge in [-0.2, -0.15) is 0 Å². The van der Waals surface area contributed by atoms with Crippen molar-refractivity contribution in [1.82, 2.24) is 4.98 Å². The molecule has 1 aromatic heterocycles. The molecule has 0 aliphatic carbocycles. The van der Waals surface area contributed by atoms with Crippen LogP contribution in [0.25, 0.3) is 0 Å². The van der Waals surface area contributed by atoms with E-state index in [4.69, 9.17) is 0 Å². The monoisotopic (exact) mass is 147 g/mol. The molecule has 0 aliphatic rings. The molecule has 1 heterocycles. The Kier molecular flexibility index (Phi) is 3.88. The van der Waals surface area contributed by atoms with Crippen molar-refractivity contribution in [3.05, 3.63) is 23.8 Å². The van der Waals surface area contributed by atoms with E-state index in [2.05, 4.69) is 18.8 Å². The van der Waals surface area contributed by atoms with E-state index in [1.54, 1.807) is 0 Å². The molecule has 0 bridgehead atoms. The molecule has 0 N–H and O–H groups in total. The molecule has 0 amide bonds. The van der Waals surface area contributed by atoms with Crippen LogP contribution in [0.3, 0.4) is 0 Å². The number of aryl methyl sites for hydroxylation is 1. The van der Waals surface area contributed by atoms with Crippen LogP contribution in [0.5, 0.6) is 0 Å². The molecule has 0 radical (unpaired) electrons. The summed E-state index contributed by atoms with van der Waals surface area (Å²) in [6.45, 7) is 4.37. The summed E-state index contributed by atoms with van der Waals surface area (Å²) in [5.74, 6) is 2.00. The van der Waals surface area contributed by atoms with Gasteiger partial charge in [0, 0.05) is 0 Å². The second-order valence-electron chi connectivity index (χ2n) is 2.82. The van der Waals surface area contributed by atoms with E-state index in [9.17, 15) is 0 Å². The van der Waals surface area contributed by atoms with Gasteiger partial charge in [-0.1, -0.05) is 0 Å². The topological polar surface area (TPSA) is 12.9 Å². The van der Waals surface area contributed by atoms with E-state index in [0.29, 0.717) is 0 Å². The van der Waals surface area contributed by atoms with Crippen molar-refractivity contribution in [1.29, 1.82) is 0 Å². The number of nitrogens with zero attached hydrogens (tertiary/aromatic N) is 1. The normalized spacial score (nSPS) is 9.55. The number of hydrogen-bond acceptors (Lipinski definition) is 1. The molecule has 2 heteroatoms. The summed E-state index contributed by atoms with van der Waals surface area (Å²) in [4.78, 5) is 4.06. The van der Waals surface area contributed by atoms with Gasteiger partial charge in [0.05, 0.1) is 0 Å². The Hall–Kier alpha value is -0.655. The fraction of sp³-hybridized carbons (Fsp3) is 0.556. The molecule has 0 aliphatic heterocycles. The third kappa shape index (κ3) is 3.31. The van der Waals surface area contributed by atoms with Gasteiger partial charge in [0.1, 0.15) is 0 Å². The molecule has 0 saturated heterocycles. The van der Waals surface area contributed by atoms with E-state index in [1.807, 2.05) is 18.4 Å². The second-order valence-corrected chi connectivity index (χ2v) is 2.82. The van der Waals surface area contributed by atoms with Gasteiger partial charge >= 0.3 is 68.3 Å². The molecule has 1 aromatic rings. The average molecular weight is 147 g/mol. The summed E-state index contributed by atoms with van der Waals surface area (Å²) in [6.07, 6.45) is 8.87. The van der Waals surface area contributed by atoms with Crippen LogP contribution in [0.4, 0.5) is 0 Å². The summed E-state index contributed by atoms with van der Waals surface area (Å²) in [6, 6.07) is 0. The van der Waals surface area contributed by atoms with Crippen molar-refractivity contribution in [3.8, 4) is 0 Å². The molecule has 0 atom stereocenters. The summed E-state index contributed by atoms with van der Waals surface area (Å²) >= 11 is 0. The first-order valence-electron chi connectivity index (χ1n) is 4.32. The molecule has 0 unspecified atom stereocenters. The molecule has 0 aromatic carbocycles. The van der Waals surface area contributed by atoms with Crippen LogP contribution in [0.2, 0.25) is 0 Å². The second kappa shape index (κ2) is 5.06. The van der Waals surface area contributed by atoms with E-state index >= 15 is 0 Å². The molecule has 0 spiro atoms. The minimum atomic E-state index is 1.18. The predicted octanol–water partition coefficient (Wildman–Crippen LogP) is 2.15. The predicted molar refractivity (Wildman–Crippen MR) is 48.8 cm³/mol. The van der Waals surface area contributed by atoms with Crippen LogP contribution in [-0.2, 0) is 6.42 Å². The fourth-order valence-electron chi connectivity index (χ4n) is 1.13. The minimum absolute atomic E-state index is 1.18. The van der Waals surface area contributed by atoms with Gasteiger partial charge in [0.15, 0.2) is 0 Å². The van der Waals surface area contributed by atoms with Gasteiger partial charge in [0.25, 0.3) is 0 Å². The maximum atomic E-state index is 4.06.